The smallest absolute Gasteiger partial charge is 0.125 e. The Kier molecular flexibility index (Phi) is 4.22. The van der Waals surface area contributed by atoms with Crippen LogP contribution in [0, 0.1) is 6.92 Å². The fourth-order valence-electron chi connectivity index (χ4n) is 2.31. The summed E-state index contributed by atoms with van der Waals surface area (Å²) in [5.74, 6) is 0. The fourth-order valence-corrected chi connectivity index (χ4v) is 3.89. The van der Waals surface area contributed by atoms with E-state index in [1.165, 1.54) is 16.0 Å². The molecule has 0 bridgehead atoms. The largest absolute Gasteiger partial charge is 0.236 e. The van der Waals surface area contributed by atoms with E-state index >= 15 is 0 Å². The molecule has 0 fully saturated rings. The maximum atomic E-state index is 4.86. The van der Waals surface area contributed by atoms with Gasteiger partial charge in [-0.15, -0.1) is 11.3 Å². The van der Waals surface area contributed by atoms with Crippen LogP contribution in [0.1, 0.15) is 17.4 Å². The highest BCUT2D eigenvalue weighted by Gasteiger charge is 2.12. The highest BCUT2D eigenvalue weighted by atomic mass is 79.9. The molecule has 0 N–H and O–H groups in total. The molecule has 0 unspecified atom stereocenters. The van der Waals surface area contributed by atoms with E-state index < -0.39 is 0 Å². The molecule has 1 nitrogen and oxygen atoms in total. The van der Waals surface area contributed by atoms with E-state index in [2.05, 4.69) is 66.2 Å². The number of aryl methyl sites for hydroxylation is 2. The van der Waals surface area contributed by atoms with Crippen LogP contribution in [-0.4, -0.2) is 4.98 Å². The van der Waals surface area contributed by atoms with Crippen LogP contribution in [0.3, 0.4) is 0 Å². The van der Waals surface area contributed by atoms with E-state index in [0.29, 0.717) is 0 Å². The third-order valence-corrected chi connectivity index (χ3v) is 5.23. The summed E-state index contributed by atoms with van der Waals surface area (Å²) >= 11 is 5.35. The first kappa shape index (κ1) is 14.5. The second kappa shape index (κ2) is 6.12. The Balaban J connectivity index is 2.03. The number of hydrogen-bond donors (Lipinski definition) is 0. The molecule has 2 aromatic carbocycles. The summed E-state index contributed by atoms with van der Waals surface area (Å²) in [6.07, 6.45) is 1.07. The van der Waals surface area contributed by atoms with E-state index in [-0.39, 0.29) is 0 Å². The zero-order valence-corrected chi connectivity index (χ0v) is 14.5. The van der Waals surface area contributed by atoms with Crippen molar-refractivity contribution in [3.8, 4) is 21.8 Å². The first-order valence-electron chi connectivity index (χ1n) is 7.00. The molecule has 106 valence electrons. The average Bonchev–Trinajstić information content (AvgIpc) is 2.89. The topological polar surface area (TPSA) is 12.9 Å². The third-order valence-electron chi connectivity index (χ3n) is 3.54. The molecule has 1 heterocycles. The highest BCUT2D eigenvalue weighted by Crippen LogP contribution is 2.36. The van der Waals surface area contributed by atoms with Crippen molar-refractivity contribution in [2.75, 3.05) is 0 Å². The van der Waals surface area contributed by atoms with Crippen LogP contribution in [0.25, 0.3) is 21.8 Å². The molecule has 0 spiro atoms. The number of halogens is 1. The van der Waals surface area contributed by atoms with E-state index in [1.807, 2.05) is 12.1 Å². The first-order valence-corrected chi connectivity index (χ1v) is 8.61. The number of benzene rings is 2. The van der Waals surface area contributed by atoms with Crippen molar-refractivity contribution in [3.05, 3.63) is 63.4 Å². The van der Waals surface area contributed by atoms with E-state index in [4.69, 9.17) is 4.98 Å². The van der Waals surface area contributed by atoms with Crippen molar-refractivity contribution in [3.63, 3.8) is 0 Å². The minimum atomic E-state index is 1.06. The van der Waals surface area contributed by atoms with Crippen LogP contribution >= 0.6 is 27.3 Å². The molecule has 0 atom stereocenters. The number of rotatable bonds is 3. The molecule has 1 aromatic heterocycles. The summed E-state index contributed by atoms with van der Waals surface area (Å²) in [4.78, 5) is 6.11. The Hall–Kier alpha value is -1.45. The SMILES string of the molecule is CCc1ccc(-c2nc(-c3ccccc3Br)sc2C)cc1. The maximum Gasteiger partial charge on any atom is 0.125 e. The normalized spacial score (nSPS) is 10.8. The molecule has 0 saturated heterocycles. The van der Waals surface area contributed by atoms with Gasteiger partial charge in [-0.1, -0.05) is 65.3 Å². The minimum absolute atomic E-state index is 1.06. The summed E-state index contributed by atoms with van der Waals surface area (Å²) in [6, 6.07) is 17.0. The maximum absolute atomic E-state index is 4.86. The van der Waals surface area contributed by atoms with Crippen LogP contribution in [0.2, 0.25) is 0 Å². The molecule has 0 saturated carbocycles. The van der Waals surface area contributed by atoms with Gasteiger partial charge in [-0.05, 0) is 25.0 Å². The molecule has 21 heavy (non-hydrogen) atoms. The molecule has 3 rings (SSSR count). The second-order valence-electron chi connectivity index (χ2n) is 4.95. The van der Waals surface area contributed by atoms with Crippen molar-refractivity contribution in [2.24, 2.45) is 0 Å². The van der Waals surface area contributed by atoms with E-state index in [9.17, 15) is 0 Å². The fraction of sp³-hybridized carbons (Fsp3) is 0.167. The summed E-state index contributed by atoms with van der Waals surface area (Å²) < 4.78 is 1.09. The molecule has 0 aliphatic carbocycles. The average molecular weight is 358 g/mol. The predicted molar refractivity (Wildman–Crippen MR) is 94.8 cm³/mol. The number of thiazole rings is 1. The van der Waals surface area contributed by atoms with Gasteiger partial charge in [-0.2, -0.15) is 0 Å². The Morgan fingerprint density at radius 1 is 1.05 bits per heavy atom. The zero-order valence-electron chi connectivity index (χ0n) is 12.1. The first-order chi connectivity index (χ1) is 10.2. The van der Waals surface area contributed by atoms with Gasteiger partial charge < -0.3 is 0 Å². The van der Waals surface area contributed by atoms with Crippen molar-refractivity contribution >= 4 is 27.3 Å². The van der Waals surface area contributed by atoms with Gasteiger partial charge in [-0.3, -0.25) is 0 Å². The molecule has 0 amide bonds. The Morgan fingerprint density at radius 3 is 2.43 bits per heavy atom. The third kappa shape index (κ3) is 2.94. The summed E-state index contributed by atoms with van der Waals surface area (Å²) in [5, 5.41) is 1.06. The van der Waals surface area contributed by atoms with Gasteiger partial charge in [0.15, 0.2) is 0 Å². The zero-order chi connectivity index (χ0) is 14.8. The summed E-state index contributed by atoms with van der Waals surface area (Å²) in [6.45, 7) is 4.31. The standard InChI is InChI=1S/C18H16BrNS/c1-3-13-8-10-14(11-9-13)17-12(2)21-18(20-17)15-6-4-5-7-16(15)19/h4-11H,3H2,1-2H3. The molecule has 0 aliphatic rings. The molecule has 3 heteroatoms. The molecule has 0 aliphatic heterocycles. The second-order valence-corrected chi connectivity index (χ2v) is 7.01. The molecular formula is C18H16BrNS. The lowest BCUT2D eigenvalue weighted by molar-refractivity contribution is 1.14. The monoisotopic (exact) mass is 357 g/mol. The van der Waals surface area contributed by atoms with Gasteiger partial charge in [0.05, 0.1) is 5.69 Å². The van der Waals surface area contributed by atoms with Gasteiger partial charge in [0.1, 0.15) is 5.01 Å². The Morgan fingerprint density at radius 2 is 1.76 bits per heavy atom. The van der Waals surface area contributed by atoms with Crippen LogP contribution in [0.5, 0.6) is 0 Å². The van der Waals surface area contributed by atoms with E-state index in [0.717, 1.165) is 27.2 Å². The predicted octanol–water partition coefficient (Wildman–Crippen LogP) is 6.11. The van der Waals surface area contributed by atoms with Crippen LogP contribution < -0.4 is 0 Å². The lowest BCUT2D eigenvalue weighted by atomic mass is 10.1. The summed E-state index contributed by atoms with van der Waals surface area (Å²) in [5.41, 5.74) is 4.80. The van der Waals surface area contributed by atoms with Crippen molar-refractivity contribution < 1.29 is 0 Å². The van der Waals surface area contributed by atoms with E-state index in [1.54, 1.807) is 11.3 Å². The molecule has 0 radical (unpaired) electrons. The molecule has 3 aromatic rings. The van der Waals surface area contributed by atoms with Gasteiger partial charge in [-0.25, -0.2) is 4.98 Å². The number of hydrogen-bond acceptors (Lipinski definition) is 2. The van der Waals surface area contributed by atoms with Gasteiger partial charge in [0.2, 0.25) is 0 Å². The van der Waals surface area contributed by atoms with Crippen molar-refractivity contribution in [1.82, 2.24) is 4.98 Å². The highest BCUT2D eigenvalue weighted by molar-refractivity contribution is 9.10. The van der Waals surface area contributed by atoms with Gasteiger partial charge >= 0.3 is 0 Å². The summed E-state index contributed by atoms with van der Waals surface area (Å²) in [7, 11) is 0. The quantitative estimate of drug-likeness (QED) is 0.550. The van der Waals surface area contributed by atoms with Gasteiger partial charge in [0, 0.05) is 20.5 Å². The van der Waals surface area contributed by atoms with Crippen LogP contribution in [0.15, 0.2) is 53.0 Å². The van der Waals surface area contributed by atoms with Crippen LogP contribution in [-0.2, 0) is 6.42 Å². The number of nitrogens with zero attached hydrogens (tertiary/aromatic N) is 1. The van der Waals surface area contributed by atoms with Crippen molar-refractivity contribution in [1.29, 1.82) is 0 Å². The Labute approximate surface area is 137 Å². The molecular weight excluding hydrogens is 342 g/mol. The van der Waals surface area contributed by atoms with Crippen LogP contribution in [0.4, 0.5) is 0 Å². The minimum Gasteiger partial charge on any atom is -0.236 e. The lowest BCUT2D eigenvalue weighted by Gasteiger charge is -2.01. The Bertz CT molecular complexity index is 759. The van der Waals surface area contributed by atoms with Gasteiger partial charge in [0.25, 0.3) is 0 Å². The number of aromatic nitrogens is 1. The lowest BCUT2D eigenvalue weighted by Crippen LogP contribution is -1.84. The van der Waals surface area contributed by atoms with Crippen molar-refractivity contribution in [2.45, 2.75) is 20.3 Å².